The van der Waals surface area contributed by atoms with Crippen molar-refractivity contribution in [3.63, 3.8) is 0 Å². The number of nitrogens with one attached hydrogen (secondary N) is 1. The van der Waals surface area contributed by atoms with Crippen LogP contribution >= 0.6 is 11.6 Å². The molecule has 0 unspecified atom stereocenters. The number of fused-ring (bicyclic) bond motifs is 2. The quantitative estimate of drug-likeness (QED) is 0.355. The van der Waals surface area contributed by atoms with E-state index in [0.717, 1.165) is 59.3 Å². The molecule has 0 bridgehead atoms. The minimum Gasteiger partial charge on any atom is -0.497 e. The van der Waals surface area contributed by atoms with Gasteiger partial charge in [0.25, 0.3) is 0 Å². The summed E-state index contributed by atoms with van der Waals surface area (Å²) in [6.07, 6.45) is 2.29. The van der Waals surface area contributed by atoms with Gasteiger partial charge in [-0.1, -0.05) is 18.5 Å². The van der Waals surface area contributed by atoms with Crippen LogP contribution in [0.1, 0.15) is 33.6 Å². The fraction of sp³-hybridized carbons (Fsp3) is 0.435. The number of nitrogens with zero attached hydrogens (tertiary/aromatic N) is 2. The summed E-state index contributed by atoms with van der Waals surface area (Å²) < 4.78 is 5.43. The van der Waals surface area contributed by atoms with E-state index in [2.05, 4.69) is 37.1 Å². The molecule has 0 saturated heterocycles. The smallest absolute Gasteiger partial charge is 0.119 e. The SMILES string of the molecule is CCN(CCCCNc1c2ccc(Cl)cc2nc2ccc(OC)cc12)C(C)C. The summed E-state index contributed by atoms with van der Waals surface area (Å²) in [6.45, 7) is 9.91. The van der Waals surface area contributed by atoms with E-state index < -0.39 is 0 Å². The van der Waals surface area contributed by atoms with Gasteiger partial charge in [-0.25, -0.2) is 4.98 Å². The maximum Gasteiger partial charge on any atom is 0.119 e. The highest BCUT2D eigenvalue weighted by molar-refractivity contribution is 6.31. The van der Waals surface area contributed by atoms with Crippen molar-refractivity contribution in [2.24, 2.45) is 0 Å². The Morgan fingerprint density at radius 2 is 1.89 bits per heavy atom. The van der Waals surface area contributed by atoms with Gasteiger partial charge in [0.2, 0.25) is 0 Å². The van der Waals surface area contributed by atoms with Gasteiger partial charge in [0.1, 0.15) is 5.75 Å². The molecule has 1 aromatic heterocycles. The Labute approximate surface area is 172 Å². The van der Waals surface area contributed by atoms with Crippen LogP contribution in [-0.2, 0) is 0 Å². The minimum atomic E-state index is 0.600. The van der Waals surface area contributed by atoms with Crippen LogP contribution in [0.3, 0.4) is 0 Å². The molecule has 0 amide bonds. The van der Waals surface area contributed by atoms with Gasteiger partial charge in [-0.05, 0) is 76.2 Å². The molecule has 0 atom stereocenters. The van der Waals surface area contributed by atoms with Gasteiger partial charge in [-0.15, -0.1) is 0 Å². The first kappa shape index (κ1) is 20.7. The van der Waals surface area contributed by atoms with Crippen LogP contribution < -0.4 is 10.1 Å². The highest BCUT2D eigenvalue weighted by Gasteiger charge is 2.11. The molecule has 0 fully saturated rings. The van der Waals surface area contributed by atoms with Gasteiger partial charge in [0.15, 0.2) is 0 Å². The topological polar surface area (TPSA) is 37.4 Å². The Hall–Kier alpha value is -2.04. The lowest BCUT2D eigenvalue weighted by atomic mass is 10.1. The number of rotatable bonds is 9. The van der Waals surface area contributed by atoms with Gasteiger partial charge in [-0.3, -0.25) is 0 Å². The molecular weight excluding hydrogens is 370 g/mol. The fourth-order valence-electron chi connectivity index (χ4n) is 3.65. The first-order valence-corrected chi connectivity index (χ1v) is 10.5. The highest BCUT2D eigenvalue weighted by atomic mass is 35.5. The van der Waals surface area contributed by atoms with Gasteiger partial charge < -0.3 is 15.0 Å². The predicted molar refractivity (Wildman–Crippen MR) is 121 cm³/mol. The molecule has 150 valence electrons. The second-order valence-electron chi connectivity index (χ2n) is 7.39. The molecule has 3 rings (SSSR count). The number of pyridine rings is 1. The number of halogens is 1. The van der Waals surface area contributed by atoms with Crippen LogP contribution in [0.5, 0.6) is 5.75 Å². The third kappa shape index (κ3) is 4.68. The number of methoxy groups -OCH3 is 1. The van der Waals surface area contributed by atoms with E-state index in [9.17, 15) is 0 Å². The van der Waals surface area contributed by atoms with Crippen molar-refractivity contribution in [1.82, 2.24) is 9.88 Å². The fourth-order valence-corrected chi connectivity index (χ4v) is 3.81. The molecule has 5 heteroatoms. The number of benzene rings is 2. The van der Waals surface area contributed by atoms with Crippen molar-refractivity contribution in [3.8, 4) is 5.75 Å². The lowest BCUT2D eigenvalue weighted by Crippen LogP contribution is -2.31. The molecule has 3 aromatic rings. The highest BCUT2D eigenvalue weighted by Crippen LogP contribution is 2.34. The monoisotopic (exact) mass is 399 g/mol. The van der Waals surface area contributed by atoms with E-state index in [0.29, 0.717) is 11.1 Å². The summed E-state index contributed by atoms with van der Waals surface area (Å²) in [7, 11) is 1.69. The van der Waals surface area contributed by atoms with Crippen molar-refractivity contribution in [2.45, 2.75) is 39.7 Å². The molecule has 2 aromatic carbocycles. The van der Waals surface area contributed by atoms with E-state index in [4.69, 9.17) is 21.3 Å². The molecule has 1 heterocycles. The van der Waals surface area contributed by atoms with Gasteiger partial charge in [0, 0.05) is 28.4 Å². The molecule has 0 spiro atoms. The Morgan fingerprint density at radius 1 is 1.07 bits per heavy atom. The van der Waals surface area contributed by atoms with E-state index >= 15 is 0 Å². The summed E-state index contributed by atoms with van der Waals surface area (Å²) in [5.74, 6) is 0.834. The van der Waals surface area contributed by atoms with Crippen LogP contribution in [0.4, 0.5) is 5.69 Å². The van der Waals surface area contributed by atoms with Crippen LogP contribution in [0, 0.1) is 0 Å². The van der Waals surface area contributed by atoms with Crippen LogP contribution in [-0.4, -0.2) is 42.7 Å². The van der Waals surface area contributed by atoms with E-state index in [1.807, 2.05) is 30.3 Å². The average Bonchev–Trinajstić information content (AvgIpc) is 2.69. The molecule has 0 aliphatic heterocycles. The standard InChI is InChI=1S/C23H30ClN3O/c1-5-27(16(2)3)13-7-6-12-25-23-19-10-8-17(24)14-22(19)26-21-11-9-18(28-4)15-20(21)23/h8-11,14-16H,5-7,12-13H2,1-4H3,(H,25,26). The summed E-state index contributed by atoms with van der Waals surface area (Å²) in [6, 6.07) is 12.5. The Kier molecular flexibility index (Phi) is 6.97. The number of hydrogen-bond acceptors (Lipinski definition) is 4. The molecule has 0 radical (unpaired) electrons. The molecular formula is C23H30ClN3O. The minimum absolute atomic E-state index is 0.600. The number of unbranched alkanes of at least 4 members (excludes halogenated alkanes) is 1. The number of hydrogen-bond donors (Lipinski definition) is 1. The molecule has 0 aliphatic rings. The zero-order chi connectivity index (χ0) is 20.1. The first-order valence-electron chi connectivity index (χ1n) is 10.1. The second-order valence-corrected chi connectivity index (χ2v) is 7.82. The van der Waals surface area contributed by atoms with Gasteiger partial charge in [0.05, 0.1) is 23.8 Å². The lowest BCUT2D eigenvalue weighted by Gasteiger charge is -2.24. The van der Waals surface area contributed by atoms with Crippen LogP contribution in [0.2, 0.25) is 5.02 Å². The summed E-state index contributed by atoms with van der Waals surface area (Å²) in [5, 5.41) is 6.53. The van der Waals surface area contributed by atoms with Crippen molar-refractivity contribution in [1.29, 1.82) is 0 Å². The van der Waals surface area contributed by atoms with Crippen molar-refractivity contribution in [2.75, 3.05) is 32.1 Å². The zero-order valence-corrected chi connectivity index (χ0v) is 18.0. The largest absolute Gasteiger partial charge is 0.497 e. The molecule has 0 saturated carbocycles. The van der Waals surface area contributed by atoms with E-state index in [1.165, 1.54) is 6.42 Å². The molecule has 28 heavy (non-hydrogen) atoms. The first-order chi connectivity index (χ1) is 13.5. The maximum atomic E-state index is 6.20. The number of ether oxygens (including phenoxy) is 1. The zero-order valence-electron chi connectivity index (χ0n) is 17.3. The Bertz CT molecular complexity index is 942. The Balaban J connectivity index is 1.83. The normalized spacial score (nSPS) is 11.7. The third-order valence-corrected chi connectivity index (χ3v) is 5.49. The van der Waals surface area contributed by atoms with Gasteiger partial charge in [-0.2, -0.15) is 0 Å². The van der Waals surface area contributed by atoms with Crippen LogP contribution in [0.15, 0.2) is 36.4 Å². The summed E-state index contributed by atoms with van der Waals surface area (Å²) >= 11 is 6.20. The molecule has 1 N–H and O–H groups in total. The summed E-state index contributed by atoms with van der Waals surface area (Å²) in [5.41, 5.74) is 2.95. The number of anilines is 1. The van der Waals surface area contributed by atoms with Crippen LogP contribution in [0.25, 0.3) is 21.8 Å². The summed E-state index contributed by atoms with van der Waals surface area (Å²) in [4.78, 5) is 7.29. The van der Waals surface area contributed by atoms with Crippen molar-refractivity contribution >= 4 is 39.1 Å². The molecule has 4 nitrogen and oxygen atoms in total. The second kappa shape index (κ2) is 9.44. The lowest BCUT2D eigenvalue weighted by molar-refractivity contribution is 0.230. The van der Waals surface area contributed by atoms with E-state index in [-0.39, 0.29) is 0 Å². The van der Waals surface area contributed by atoms with Crippen molar-refractivity contribution in [3.05, 3.63) is 41.4 Å². The average molecular weight is 400 g/mol. The van der Waals surface area contributed by atoms with Gasteiger partial charge >= 0.3 is 0 Å². The number of aromatic nitrogens is 1. The van der Waals surface area contributed by atoms with E-state index in [1.54, 1.807) is 7.11 Å². The maximum absolute atomic E-state index is 6.20. The predicted octanol–water partition coefficient (Wildman–Crippen LogP) is 5.97. The molecule has 0 aliphatic carbocycles. The Morgan fingerprint density at radius 3 is 2.61 bits per heavy atom. The third-order valence-electron chi connectivity index (χ3n) is 5.25. The van der Waals surface area contributed by atoms with Crippen molar-refractivity contribution < 1.29 is 4.74 Å².